The fourth-order valence-corrected chi connectivity index (χ4v) is 3.27. The first-order valence-electron chi connectivity index (χ1n) is 7.85. The monoisotopic (exact) mass is 336 g/mol. The van der Waals surface area contributed by atoms with Crippen molar-refractivity contribution in [2.75, 3.05) is 31.6 Å². The van der Waals surface area contributed by atoms with Gasteiger partial charge in [0.05, 0.1) is 5.41 Å². The molecule has 1 aliphatic rings. The fraction of sp³-hybridized carbons (Fsp3) is 0.529. The van der Waals surface area contributed by atoms with E-state index in [2.05, 4.69) is 5.32 Å². The van der Waals surface area contributed by atoms with E-state index in [-0.39, 0.29) is 11.8 Å². The van der Waals surface area contributed by atoms with Gasteiger partial charge in [-0.3, -0.25) is 13.8 Å². The normalized spacial score (nSPS) is 22.4. The summed E-state index contributed by atoms with van der Waals surface area (Å²) in [5, 5.41) is 2.85. The van der Waals surface area contributed by atoms with Gasteiger partial charge < -0.3 is 10.2 Å². The highest BCUT2D eigenvalue weighted by molar-refractivity contribution is 7.84. The number of carbonyl (C=O) groups excluding carboxylic acids is 2. The minimum Gasteiger partial charge on any atom is -0.355 e. The largest absolute Gasteiger partial charge is 0.355 e. The van der Waals surface area contributed by atoms with Crippen molar-refractivity contribution >= 4 is 22.6 Å². The van der Waals surface area contributed by atoms with Crippen molar-refractivity contribution in [1.82, 2.24) is 10.2 Å². The maximum atomic E-state index is 12.6. The highest BCUT2D eigenvalue weighted by atomic mass is 32.2. The van der Waals surface area contributed by atoms with E-state index in [9.17, 15) is 13.8 Å². The first-order valence-corrected chi connectivity index (χ1v) is 9.58. The highest BCUT2D eigenvalue weighted by Gasteiger charge is 2.39. The molecule has 0 aliphatic carbocycles. The number of piperidine rings is 1. The molecule has 1 N–H and O–H groups in total. The van der Waals surface area contributed by atoms with Crippen molar-refractivity contribution in [2.45, 2.75) is 19.8 Å². The Morgan fingerprint density at radius 1 is 1.30 bits per heavy atom. The molecule has 23 heavy (non-hydrogen) atoms. The molecule has 6 heteroatoms. The number of benzene rings is 1. The van der Waals surface area contributed by atoms with Crippen LogP contribution in [-0.4, -0.2) is 52.6 Å². The van der Waals surface area contributed by atoms with E-state index in [0.29, 0.717) is 31.0 Å². The van der Waals surface area contributed by atoms with Crippen LogP contribution in [0.3, 0.4) is 0 Å². The third kappa shape index (κ3) is 4.64. The average molecular weight is 336 g/mol. The van der Waals surface area contributed by atoms with Crippen molar-refractivity contribution in [1.29, 1.82) is 0 Å². The molecule has 1 heterocycles. The first kappa shape index (κ1) is 17.7. The number of likely N-dealkylation sites (tertiary alicyclic amines) is 1. The third-order valence-corrected chi connectivity index (χ3v) is 5.01. The van der Waals surface area contributed by atoms with Gasteiger partial charge in [-0.1, -0.05) is 18.2 Å². The van der Waals surface area contributed by atoms with E-state index < -0.39 is 16.2 Å². The lowest BCUT2D eigenvalue weighted by atomic mass is 9.80. The van der Waals surface area contributed by atoms with Gasteiger partial charge in [0.15, 0.2) is 0 Å². The van der Waals surface area contributed by atoms with Crippen LogP contribution in [-0.2, 0) is 15.6 Å². The van der Waals surface area contributed by atoms with Crippen molar-refractivity contribution in [3.05, 3.63) is 35.9 Å². The Balaban J connectivity index is 2.00. The summed E-state index contributed by atoms with van der Waals surface area (Å²) in [5.41, 5.74) is 0.0660. The van der Waals surface area contributed by atoms with Crippen LogP contribution in [0.15, 0.2) is 30.3 Å². The molecule has 1 saturated heterocycles. The quantitative estimate of drug-likeness (QED) is 0.884. The van der Waals surface area contributed by atoms with Crippen LogP contribution < -0.4 is 5.32 Å². The Hall–Kier alpha value is -1.69. The molecule has 2 atom stereocenters. The predicted octanol–water partition coefficient (Wildman–Crippen LogP) is 1.42. The zero-order valence-electron chi connectivity index (χ0n) is 13.7. The number of hydrogen-bond acceptors (Lipinski definition) is 3. The molecular formula is C17H24N2O3S. The number of amides is 2. The molecule has 1 aliphatic heterocycles. The summed E-state index contributed by atoms with van der Waals surface area (Å²) in [5.74, 6) is 0.363. The zero-order chi connectivity index (χ0) is 16.9. The Morgan fingerprint density at radius 3 is 2.65 bits per heavy atom. The third-order valence-electron chi connectivity index (χ3n) is 4.23. The lowest BCUT2D eigenvalue weighted by Gasteiger charge is -2.39. The lowest BCUT2D eigenvalue weighted by Crippen LogP contribution is -2.52. The Morgan fingerprint density at radius 2 is 2.00 bits per heavy atom. The number of hydrogen-bond donors (Lipinski definition) is 1. The molecule has 0 radical (unpaired) electrons. The zero-order valence-corrected chi connectivity index (χ0v) is 14.5. The van der Waals surface area contributed by atoms with Gasteiger partial charge in [-0.2, -0.15) is 0 Å². The minimum absolute atomic E-state index is 0.0287. The first-order chi connectivity index (χ1) is 10.9. The van der Waals surface area contributed by atoms with Gasteiger partial charge in [0.1, 0.15) is 0 Å². The molecule has 2 rings (SSSR count). The average Bonchev–Trinajstić information content (AvgIpc) is 2.54. The maximum Gasteiger partial charge on any atom is 0.253 e. The Bertz CT molecular complexity index is 591. The highest BCUT2D eigenvalue weighted by Crippen LogP contribution is 2.30. The SMILES string of the molecule is C[S@@](=O)CCNC(=O)[C@@]1(C)CCCN(C(=O)c2ccccc2)C1. The maximum absolute atomic E-state index is 12.6. The number of nitrogens with zero attached hydrogens (tertiary/aromatic N) is 1. The summed E-state index contributed by atoms with van der Waals surface area (Å²) in [6.07, 6.45) is 3.18. The van der Waals surface area contributed by atoms with Gasteiger partial charge in [0.2, 0.25) is 5.91 Å². The predicted molar refractivity (Wildman–Crippen MR) is 91.6 cm³/mol. The second-order valence-electron chi connectivity index (χ2n) is 6.29. The minimum atomic E-state index is -0.919. The summed E-state index contributed by atoms with van der Waals surface area (Å²) >= 11 is 0. The van der Waals surface area contributed by atoms with Crippen molar-refractivity contribution in [3.63, 3.8) is 0 Å². The summed E-state index contributed by atoms with van der Waals surface area (Å²) in [7, 11) is -0.919. The second-order valence-corrected chi connectivity index (χ2v) is 7.84. The number of nitrogens with one attached hydrogen (secondary N) is 1. The van der Waals surface area contributed by atoms with E-state index >= 15 is 0 Å². The molecule has 1 aromatic carbocycles. The molecule has 126 valence electrons. The molecule has 0 bridgehead atoms. The van der Waals surface area contributed by atoms with Crippen LogP contribution in [0.2, 0.25) is 0 Å². The Labute approximate surface area is 139 Å². The molecule has 0 aromatic heterocycles. The molecule has 5 nitrogen and oxygen atoms in total. The Kier molecular flexibility index (Phi) is 5.93. The molecule has 2 amide bonds. The van der Waals surface area contributed by atoms with Crippen LogP contribution in [0.1, 0.15) is 30.1 Å². The lowest BCUT2D eigenvalue weighted by molar-refractivity contribution is -0.132. The van der Waals surface area contributed by atoms with E-state index in [1.54, 1.807) is 23.3 Å². The topological polar surface area (TPSA) is 66.5 Å². The van der Waals surface area contributed by atoms with Crippen LogP contribution in [0.4, 0.5) is 0 Å². The van der Waals surface area contributed by atoms with Crippen molar-refractivity contribution in [2.24, 2.45) is 5.41 Å². The number of rotatable bonds is 5. The smallest absolute Gasteiger partial charge is 0.253 e. The van der Waals surface area contributed by atoms with E-state index in [0.717, 1.165) is 12.8 Å². The summed E-state index contributed by atoms with van der Waals surface area (Å²) in [6.45, 7) is 3.40. The van der Waals surface area contributed by atoms with Crippen LogP contribution in [0.5, 0.6) is 0 Å². The molecular weight excluding hydrogens is 312 g/mol. The molecule has 0 spiro atoms. The van der Waals surface area contributed by atoms with E-state index in [4.69, 9.17) is 0 Å². The van der Waals surface area contributed by atoms with Crippen LogP contribution >= 0.6 is 0 Å². The fourth-order valence-electron chi connectivity index (χ4n) is 2.88. The molecule has 1 fully saturated rings. The summed E-state index contributed by atoms with van der Waals surface area (Å²) in [6, 6.07) is 9.15. The summed E-state index contributed by atoms with van der Waals surface area (Å²) < 4.78 is 11.1. The van der Waals surface area contributed by atoms with Crippen molar-refractivity contribution < 1.29 is 13.8 Å². The van der Waals surface area contributed by atoms with Crippen LogP contribution in [0, 0.1) is 5.41 Å². The van der Waals surface area contributed by atoms with Gasteiger partial charge in [-0.25, -0.2) is 0 Å². The summed E-state index contributed by atoms with van der Waals surface area (Å²) in [4.78, 5) is 26.8. The molecule has 0 saturated carbocycles. The van der Waals surface area contributed by atoms with E-state index in [1.807, 2.05) is 25.1 Å². The molecule has 0 unspecified atom stereocenters. The van der Waals surface area contributed by atoms with Gasteiger partial charge >= 0.3 is 0 Å². The van der Waals surface area contributed by atoms with Crippen molar-refractivity contribution in [3.8, 4) is 0 Å². The molecule has 1 aromatic rings. The van der Waals surface area contributed by atoms with Gasteiger partial charge in [0.25, 0.3) is 5.91 Å². The van der Waals surface area contributed by atoms with E-state index in [1.165, 1.54) is 0 Å². The van der Waals surface area contributed by atoms with Crippen LogP contribution in [0.25, 0.3) is 0 Å². The van der Waals surface area contributed by atoms with Gasteiger partial charge in [-0.15, -0.1) is 0 Å². The number of carbonyl (C=O) groups is 2. The van der Waals surface area contributed by atoms with Gasteiger partial charge in [-0.05, 0) is 31.9 Å². The standard InChI is InChI=1S/C17H24N2O3S/c1-17(16(21)18-10-12-23(2)22)9-6-11-19(13-17)15(20)14-7-4-3-5-8-14/h3-5,7-8H,6,9-13H2,1-2H3,(H,18,21)/t17-,23+/m0/s1. The van der Waals surface area contributed by atoms with Gasteiger partial charge in [0, 0.05) is 48.0 Å². The second kappa shape index (κ2) is 7.73.